The normalized spacial score (nSPS) is 10.9. The number of aromatic nitrogens is 5. The van der Waals surface area contributed by atoms with Gasteiger partial charge in [-0.1, -0.05) is 48.5 Å². The van der Waals surface area contributed by atoms with Crippen LogP contribution in [0, 0.1) is 0 Å². The van der Waals surface area contributed by atoms with Crippen LogP contribution in [0.4, 0.5) is 5.95 Å². The van der Waals surface area contributed by atoms with Crippen LogP contribution in [0.25, 0.3) is 27.8 Å². The van der Waals surface area contributed by atoms with E-state index in [4.69, 9.17) is 0 Å². The quantitative estimate of drug-likeness (QED) is 0.474. The van der Waals surface area contributed by atoms with Crippen molar-refractivity contribution in [2.75, 3.05) is 5.32 Å². The number of nitrogens with zero attached hydrogens (tertiary/aromatic N) is 4. The molecule has 0 spiro atoms. The summed E-state index contributed by atoms with van der Waals surface area (Å²) in [7, 11) is 0. The minimum Gasteiger partial charge on any atom is -0.352 e. The molecule has 0 aliphatic carbocycles. The molecule has 7 heteroatoms. The second kappa shape index (κ2) is 7.63. The number of rotatable bonds is 5. The van der Waals surface area contributed by atoms with Gasteiger partial charge in [0.1, 0.15) is 5.39 Å². The van der Waals surface area contributed by atoms with E-state index in [1.54, 1.807) is 10.9 Å². The maximum absolute atomic E-state index is 12.5. The van der Waals surface area contributed by atoms with Gasteiger partial charge < -0.3 is 5.32 Å². The van der Waals surface area contributed by atoms with Crippen molar-refractivity contribution in [3.63, 3.8) is 0 Å². The predicted octanol–water partition coefficient (Wildman–Crippen LogP) is 3.78. The van der Waals surface area contributed by atoms with E-state index in [9.17, 15) is 4.79 Å². The Morgan fingerprint density at radius 3 is 2.50 bits per heavy atom. The third kappa shape index (κ3) is 3.44. The van der Waals surface area contributed by atoms with E-state index >= 15 is 0 Å². The van der Waals surface area contributed by atoms with E-state index in [1.165, 1.54) is 6.20 Å². The fourth-order valence-corrected chi connectivity index (χ4v) is 3.29. The molecular formula is C23H18N6O. The predicted molar refractivity (Wildman–Crippen MR) is 116 cm³/mol. The van der Waals surface area contributed by atoms with Gasteiger partial charge in [-0.05, 0) is 34.9 Å². The first-order chi connectivity index (χ1) is 14.8. The lowest BCUT2D eigenvalue weighted by molar-refractivity contribution is 0.893. The maximum atomic E-state index is 12.5. The molecule has 0 saturated heterocycles. The number of hydrogen-bond donors (Lipinski definition) is 2. The molecule has 0 saturated carbocycles. The molecule has 0 atom stereocenters. The van der Waals surface area contributed by atoms with Gasteiger partial charge in [-0.3, -0.25) is 14.8 Å². The van der Waals surface area contributed by atoms with E-state index in [2.05, 4.69) is 37.5 Å². The molecule has 0 amide bonds. The minimum atomic E-state index is -0.225. The third-order valence-corrected chi connectivity index (χ3v) is 4.85. The highest BCUT2D eigenvalue weighted by Crippen LogP contribution is 2.19. The Labute approximate surface area is 172 Å². The Hall–Kier alpha value is -4.26. The van der Waals surface area contributed by atoms with Gasteiger partial charge in [-0.2, -0.15) is 10.1 Å². The van der Waals surface area contributed by atoms with Crippen molar-refractivity contribution in [3.05, 3.63) is 101 Å². The second-order valence-corrected chi connectivity index (χ2v) is 6.84. The number of anilines is 1. The fraction of sp³-hybridized carbons (Fsp3) is 0.0435. The molecule has 0 unspecified atom stereocenters. The Balaban J connectivity index is 1.39. The summed E-state index contributed by atoms with van der Waals surface area (Å²) in [5, 5.41) is 7.98. The highest BCUT2D eigenvalue weighted by molar-refractivity contribution is 5.76. The van der Waals surface area contributed by atoms with E-state index in [0.29, 0.717) is 23.5 Å². The second-order valence-electron chi connectivity index (χ2n) is 6.84. The van der Waals surface area contributed by atoms with Crippen LogP contribution < -0.4 is 10.9 Å². The van der Waals surface area contributed by atoms with Crippen LogP contribution in [0.2, 0.25) is 0 Å². The van der Waals surface area contributed by atoms with E-state index in [1.807, 2.05) is 60.8 Å². The van der Waals surface area contributed by atoms with Crippen LogP contribution in [-0.2, 0) is 6.54 Å². The van der Waals surface area contributed by atoms with Gasteiger partial charge in [-0.15, -0.1) is 0 Å². The monoisotopic (exact) mass is 394 g/mol. The third-order valence-electron chi connectivity index (χ3n) is 4.85. The van der Waals surface area contributed by atoms with Crippen LogP contribution in [0.1, 0.15) is 5.56 Å². The van der Waals surface area contributed by atoms with Gasteiger partial charge in [0.25, 0.3) is 5.56 Å². The molecule has 3 heterocycles. The van der Waals surface area contributed by atoms with Gasteiger partial charge >= 0.3 is 0 Å². The number of fused-ring (bicyclic) bond motifs is 1. The van der Waals surface area contributed by atoms with Gasteiger partial charge in [0.2, 0.25) is 5.95 Å². The van der Waals surface area contributed by atoms with Crippen molar-refractivity contribution in [2.45, 2.75) is 6.54 Å². The molecule has 2 N–H and O–H groups in total. The molecule has 146 valence electrons. The summed E-state index contributed by atoms with van der Waals surface area (Å²) in [5.74, 6) is 0.404. The summed E-state index contributed by atoms with van der Waals surface area (Å²) in [6.45, 7) is 0.529. The molecule has 5 aromatic rings. The number of hydrogen-bond acceptors (Lipinski definition) is 5. The molecule has 2 aromatic carbocycles. The Morgan fingerprint density at radius 2 is 1.73 bits per heavy atom. The average Bonchev–Trinajstić information content (AvgIpc) is 3.24. The van der Waals surface area contributed by atoms with Gasteiger partial charge in [0, 0.05) is 18.9 Å². The molecule has 3 aromatic heterocycles. The number of aromatic amines is 1. The molecular weight excluding hydrogens is 376 g/mol. The van der Waals surface area contributed by atoms with Crippen molar-refractivity contribution < 1.29 is 0 Å². The Morgan fingerprint density at radius 1 is 0.900 bits per heavy atom. The zero-order valence-corrected chi connectivity index (χ0v) is 16.0. The van der Waals surface area contributed by atoms with Crippen molar-refractivity contribution in [1.29, 1.82) is 0 Å². The molecule has 0 aliphatic heterocycles. The fourth-order valence-electron chi connectivity index (χ4n) is 3.29. The van der Waals surface area contributed by atoms with Crippen LogP contribution in [0.3, 0.4) is 0 Å². The van der Waals surface area contributed by atoms with E-state index < -0.39 is 0 Å². The average molecular weight is 394 g/mol. The number of para-hydroxylation sites is 1. The van der Waals surface area contributed by atoms with Crippen LogP contribution in [-0.4, -0.2) is 24.7 Å². The zero-order valence-electron chi connectivity index (χ0n) is 16.0. The minimum absolute atomic E-state index is 0.225. The van der Waals surface area contributed by atoms with Crippen molar-refractivity contribution in [3.8, 4) is 16.8 Å². The maximum Gasteiger partial charge on any atom is 0.263 e. The number of nitrogens with one attached hydrogen (secondary N) is 2. The van der Waals surface area contributed by atoms with Crippen molar-refractivity contribution >= 4 is 17.0 Å². The highest BCUT2D eigenvalue weighted by Gasteiger charge is 2.11. The van der Waals surface area contributed by atoms with Gasteiger partial charge in [0.15, 0.2) is 5.65 Å². The van der Waals surface area contributed by atoms with E-state index in [-0.39, 0.29) is 5.56 Å². The summed E-state index contributed by atoms with van der Waals surface area (Å²) in [5.41, 5.74) is 4.38. The molecule has 0 radical (unpaired) electrons. The first kappa shape index (κ1) is 17.8. The highest BCUT2D eigenvalue weighted by atomic mass is 16.1. The zero-order chi connectivity index (χ0) is 20.3. The molecule has 30 heavy (non-hydrogen) atoms. The smallest absolute Gasteiger partial charge is 0.263 e. The lowest BCUT2D eigenvalue weighted by Crippen LogP contribution is -2.13. The van der Waals surface area contributed by atoms with Gasteiger partial charge in [0.05, 0.1) is 11.9 Å². The summed E-state index contributed by atoms with van der Waals surface area (Å²) in [6, 6.07) is 21.8. The van der Waals surface area contributed by atoms with Gasteiger partial charge in [-0.25, -0.2) is 4.68 Å². The van der Waals surface area contributed by atoms with Crippen LogP contribution >= 0.6 is 0 Å². The van der Waals surface area contributed by atoms with Crippen LogP contribution in [0.5, 0.6) is 0 Å². The summed E-state index contributed by atoms with van der Waals surface area (Å²) in [6.07, 6.45) is 5.14. The molecule has 7 nitrogen and oxygen atoms in total. The van der Waals surface area contributed by atoms with Crippen molar-refractivity contribution in [1.82, 2.24) is 24.7 Å². The SMILES string of the molecule is O=c1[nH]c(NCc2ccc(-c3cccnc3)cc2)nc2c1cnn2-c1ccccc1. The molecule has 5 rings (SSSR count). The lowest BCUT2D eigenvalue weighted by Gasteiger charge is -2.08. The number of H-pyrrole nitrogens is 1. The summed E-state index contributed by atoms with van der Waals surface area (Å²) >= 11 is 0. The Kier molecular flexibility index (Phi) is 4.53. The first-order valence-corrected chi connectivity index (χ1v) is 9.54. The molecule has 0 bridgehead atoms. The first-order valence-electron chi connectivity index (χ1n) is 9.54. The van der Waals surface area contributed by atoms with E-state index in [0.717, 1.165) is 22.4 Å². The van der Waals surface area contributed by atoms with Crippen LogP contribution in [0.15, 0.2) is 90.1 Å². The molecule has 0 aliphatic rings. The van der Waals surface area contributed by atoms with Crippen molar-refractivity contribution in [2.24, 2.45) is 0 Å². The largest absolute Gasteiger partial charge is 0.352 e. The summed E-state index contributed by atoms with van der Waals surface area (Å²) < 4.78 is 1.67. The summed E-state index contributed by atoms with van der Waals surface area (Å²) in [4.78, 5) is 24.0. The lowest BCUT2D eigenvalue weighted by atomic mass is 10.1. The Bertz CT molecular complexity index is 1340. The number of pyridine rings is 1. The molecule has 0 fully saturated rings. The standard InChI is InChI=1S/C23H18N6O/c30-22-20-15-26-29(19-6-2-1-3-7-19)21(20)27-23(28-22)25-13-16-8-10-17(11-9-16)18-5-4-12-24-14-18/h1-12,14-15H,13H2,(H2,25,27,28,30). The number of benzene rings is 2. The topological polar surface area (TPSA) is 88.5 Å².